The van der Waals surface area contributed by atoms with E-state index in [1.165, 1.54) is 0 Å². The first kappa shape index (κ1) is 17.5. The maximum atomic E-state index is 12.6. The minimum Gasteiger partial charge on any atom is -0.348 e. The van der Waals surface area contributed by atoms with Crippen molar-refractivity contribution in [2.45, 2.75) is 39.3 Å². The minimum atomic E-state index is -0.242. The van der Waals surface area contributed by atoms with Crippen molar-refractivity contribution in [3.63, 3.8) is 0 Å². The van der Waals surface area contributed by atoms with Crippen molar-refractivity contribution in [1.82, 2.24) is 15.1 Å². The highest BCUT2D eigenvalue weighted by Gasteiger charge is 2.24. The van der Waals surface area contributed by atoms with E-state index in [0.29, 0.717) is 22.8 Å². The van der Waals surface area contributed by atoms with Gasteiger partial charge in [0.15, 0.2) is 0 Å². The van der Waals surface area contributed by atoms with Gasteiger partial charge in [0, 0.05) is 24.3 Å². The molecule has 2 aromatic rings. The number of nitrogens with one attached hydrogen (secondary N) is 1. The van der Waals surface area contributed by atoms with E-state index in [-0.39, 0.29) is 17.5 Å². The summed E-state index contributed by atoms with van der Waals surface area (Å²) in [6.45, 7) is 8.32. The molecule has 23 heavy (non-hydrogen) atoms. The number of halogens is 1. The first-order valence-electron chi connectivity index (χ1n) is 7.60. The first-order chi connectivity index (χ1) is 10.7. The lowest BCUT2D eigenvalue weighted by Crippen LogP contribution is -2.37. The Hall–Kier alpha value is -1.85. The molecule has 3 N–H and O–H groups in total. The second-order valence-electron chi connectivity index (χ2n) is 6.60. The van der Waals surface area contributed by atoms with Crippen molar-refractivity contribution < 1.29 is 4.79 Å². The van der Waals surface area contributed by atoms with Gasteiger partial charge in [-0.1, -0.05) is 29.8 Å². The second-order valence-corrected chi connectivity index (χ2v) is 7.00. The van der Waals surface area contributed by atoms with Crippen molar-refractivity contribution >= 4 is 17.5 Å². The molecule has 0 fully saturated rings. The predicted molar refractivity (Wildman–Crippen MR) is 93.7 cm³/mol. The molecule has 0 saturated heterocycles. The van der Waals surface area contributed by atoms with Crippen molar-refractivity contribution in [3.05, 3.63) is 41.0 Å². The summed E-state index contributed by atoms with van der Waals surface area (Å²) in [4.78, 5) is 12.6. The molecule has 1 aromatic carbocycles. The zero-order valence-corrected chi connectivity index (χ0v) is 14.7. The maximum Gasteiger partial charge on any atom is 0.255 e. The molecule has 2 rings (SSSR count). The van der Waals surface area contributed by atoms with Crippen molar-refractivity contribution in [2.75, 3.05) is 6.54 Å². The second kappa shape index (κ2) is 6.72. The molecule has 0 spiro atoms. The van der Waals surface area contributed by atoms with Crippen LogP contribution in [0.1, 0.15) is 38.1 Å². The number of hydrogen-bond acceptors (Lipinski definition) is 3. The Bertz CT molecular complexity index is 703. The number of aromatic nitrogens is 2. The molecule has 0 aliphatic carbocycles. The van der Waals surface area contributed by atoms with Gasteiger partial charge in [-0.2, -0.15) is 5.10 Å². The molecule has 1 aromatic heterocycles. The summed E-state index contributed by atoms with van der Waals surface area (Å²) in [5, 5.41) is 8.05. The molecule has 0 radical (unpaired) electrons. The van der Waals surface area contributed by atoms with Crippen LogP contribution in [0.5, 0.6) is 0 Å². The highest BCUT2D eigenvalue weighted by Crippen LogP contribution is 2.30. The van der Waals surface area contributed by atoms with Gasteiger partial charge in [-0.3, -0.25) is 9.48 Å². The Labute approximate surface area is 141 Å². The van der Waals surface area contributed by atoms with Crippen LogP contribution < -0.4 is 11.1 Å². The highest BCUT2D eigenvalue weighted by atomic mass is 35.5. The molecule has 0 aliphatic heterocycles. The van der Waals surface area contributed by atoms with Crippen molar-refractivity contribution in [3.8, 4) is 11.3 Å². The van der Waals surface area contributed by atoms with Gasteiger partial charge in [0.05, 0.1) is 16.1 Å². The lowest BCUT2D eigenvalue weighted by molar-refractivity contribution is 0.0941. The quantitative estimate of drug-likeness (QED) is 0.902. The van der Waals surface area contributed by atoms with E-state index in [0.717, 1.165) is 5.56 Å². The van der Waals surface area contributed by atoms with Crippen molar-refractivity contribution in [1.29, 1.82) is 0 Å². The van der Waals surface area contributed by atoms with Crippen LogP contribution in [0.25, 0.3) is 11.3 Å². The number of carbonyl (C=O) groups is 1. The Balaban J connectivity index is 2.54. The van der Waals surface area contributed by atoms with Crippen LogP contribution >= 0.6 is 11.6 Å². The van der Waals surface area contributed by atoms with Gasteiger partial charge in [-0.25, -0.2) is 0 Å². The number of nitrogens with zero attached hydrogens (tertiary/aromatic N) is 2. The fourth-order valence-corrected chi connectivity index (χ4v) is 2.32. The third-order valence-electron chi connectivity index (χ3n) is 3.51. The van der Waals surface area contributed by atoms with Gasteiger partial charge in [0.25, 0.3) is 5.91 Å². The zero-order chi connectivity index (χ0) is 17.2. The van der Waals surface area contributed by atoms with Crippen LogP contribution in [-0.4, -0.2) is 28.3 Å². The van der Waals surface area contributed by atoms with E-state index in [9.17, 15) is 4.79 Å². The van der Waals surface area contributed by atoms with Gasteiger partial charge >= 0.3 is 0 Å². The largest absolute Gasteiger partial charge is 0.348 e. The van der Waals surface area contributed by atoms with Gasteiger partial charge in [0.1, 0.15) is 5.69 Å². The molecular formula is C17H23ClN4O. The molecule has 6 heteroatoms. The molecule has 5 nitrogen and oxygen atoms in total. The SMILES string of the molecule is C[C@@H](CN)NC(=O)c1cn(C(C)(C)C)nc1-c1ccccc1Cl. The molecule has 124 valence electrons. The van der Waals surface area contributed by atoms with Crippen LogP contribution in [0.4, 0.5) is 0 Å². The predicted octanol–water partition coefficient (Wildman–Crippen LogP) is 3.04. The Morgan fingerprint density at radius 2 is 2.04 bits per heavy atom. The number of nitrogens with two attached hydrogens (primary N) is 1. The van der Waals surface area contributed by atoms with Gasteiger partial charge in [-0.05, 0) is 33.8 Å². The van der Waals surface area contributed by atoms with Crippen LogP contribution in [0.3, 0.4) is 0 Å². The number of rotatable bonds is 4. The summed E-state index contributed by atoms with van der Waals surface area (Å²) in [5.74, 6) is -0.201. The molecule has 0 unspecified atom stereocenters. The monoisotopic (exact) mass is 334 g/mol. The van der Waals surface area contributed by atoms with E-state index >= 15 is 0 Å². The lowest BCUT2D eigenvalue weighted by atomic mass is 10.1. The third kappa shape index (κ3) is 3.92. The zero-order valence-electron chi connectivity index (χ0n) is 13.9. The molecule has 0 saturated carbocycles. The number of hydrogen-bond donors (Lipinski definition) is 2. The summed E-state index contributed by atoms with van der Waals surface area (Å²) in [5.41, 5.74) is 7.16. The van der Waals surface area contributed by atoms with Crippen LogP contribution in [-0.2, 0) is 5.54 Å². The fraction of sp³-hybridized carbons (Fsp3) is 0.412. The van der Waals surface area contributed by atoms with Crippen LogP contribution in [0.15, 0.2) is 30.5 Å². The third-order valence-corrected chi connectivity index (χ3v) is 3.84. The van der Waals surface area contributed by atoms with E-state index < -0.39 is 0 Å². The standard InChI is InChI=1S/C17H23ClN4O/c1-11(9-19)20-16(23)13-10-22(17(2,3)4)21-15(13)12-7-5-6-8-14(12)18/h5-8,10-11H,9,19H2,1-4H3,(H,20,23)/t11-/m0/s1. The fourth-order valence-electron chi connectivity index (χ4n) is 2.10. The Morgan fingerprint density at radius 1 is 1.39 bits per heavy atom. The molecule has 0 aliphatic rings. The Kier molecular flexibility index (Phi) is 5.12. The molecule has 1 atom stereocenters. The summed E-state index contributed by atoms with van der Waals surface area (Å²) >= 11 is 6.29. The number of carbonyl (C=O) groups excluding carboxylic acids is 1. The molecular weight excluding hydrogens is 312 g/mol. The van der Waals surface area contributed by atoms with Crippen LogP contribution in [0.2, 0.25) is 5.02 Å². The maximum absolute atomic E-state index is 12.6. The summed E-state index contributed by atoms with van der Waals surface area (Å²) in [6.07, 6.45) is 1.76. The van der Waals surface area contributed by atoms with E-state index in [2.05, 4.69) is 10.4 Å². The smallest absolute Gasteiger partial charge is 0.255 e. The molecule has 1 heterocycles. The minimum absolute atomic E-state index is 0.111. The lowest BCUT2D eigenvalue weighted by Gasteiger charge is -2.18. The summed E-state index contributed by atoms with van der Waals surface area (Å²) < 4.78 is 1.79. The van der Waals surface area contributed by atoms with Crippen molar-refractivity contribution in [2.24, 2.45) is 5.73 Å². The highest BCUT2D eigenvalue weighted by molar-refractivity contribution is 6.33. The average molecular weight is 335 g/mol. The summed E-state index contributed by atoms with van der Waals surface area (Å²) in [6, 6.07) is 7.27. The Morgan fingerprint density at radius 3 is 2.61 bits per heavy atom. The molecule has 1 amide bonds. The topological polar surface area (TPSA) is 72.9 Å². The van der Waals surface area contributed by atoms with Gasteiger partial charge in [0.2, 0.25) is 0 Å². The van der Waals surface area contributed by atoms with Gasteiger partial charge in [-0.15, -0.1) is 0 Å². The average Bonchev–Trinajstić information content (AvgIpc) is 2.92. The van der Waals surface area contributed by atoms with Crippen LogP contribution in [0, 0.1) is 0 Å². The number of benzene rings is 1. The first-order valence-corrected chi connectivity index (χ1v) is 7.98. The normalized spacial score (nSPS) is 13.0. The molecule has 0 bridgehead atoms. The van der Waals surface area contributed by atoms with E-state index in [1.807, 2.05) is 45.9 Å². The van der Waals surface area contributed by atoms with Gasteiger partial charge < -0.3 is 11.1 Å². The van der Waals surface area contributed by atoms with E-state index in [4.69, 9.17) is 17.3 Å². The van der Waals surface area contributed by atoms with E-state index in [1.54, 1.807) is 16.9 Å². The summed E-state index contributed by atoms with van der Waals surface area (Å²) in [7, 11) is 0. The number of amides is 1.